The van der Waals surface area contributed by atoms with Gasteiger partial charge in [-0.3, -0.25) is 0 Å². The van der Waals surface area contributed by atoms with E-state index in [1.165, 1.54) is 5.56 Å². The maximum Gasteiger partial charge on any atom is 0.138 e. The molecule has 4 aromatic rings. The molecule has 0 saturated carbocycles. The SMILES string of the molecule is C[C@H](Nc1ncnc2sccc12)c1ccc(-n2cc(C3COC3)nn2)cc1. The normalized spacial score (nSPS) is 15.6. The number of hydrogen-bond acceptors (Lipinski definition) is 7. The Morgan fingerprint density at radius 1 is 1.19 bits per heavy atom. The fourth-order valence-corrected chi connectivity index (χ4v) is 3.84. The third kappa shape index (κ3) is 3.07. The molecule has 1 atom stereocenters. The second-order valence-corrected chi connectivity index (χ2v) is 7.54. The summed E-state index contributed by atoms with van der Waals surface area (Å²) < 4.78 is 7.04. The van der Waals surface area contributed by atoms with Gasteiger partial charge in [0.25, 0.3) is 0 Å². The van der Waals surface area contributed by atoms with Gasteiger partial charge in [0.15, 0.2) is 0 Å². The van der Waals surface area contributed by atoms with Crippen molar-refractivity contribution < 1.29 is 4.74 Å². The Kier molecular flexibility index (Phi) is 4.06. The van der Waals surface area contributed by atoms with E-state index in [4.69, 9.17) is 4.74 Å². The molecule has 0 radical (unpaired) electrons. The highest BCUT2D eigenvalue weighted by atomic mass is 32.1. The highest BCUT2D eigenvalue weighted by molar-refractivity contribution is 7.16. The lowest BCUT2D eigenvalue weighted by Gasteiger charge is -2.23. The van der Waals surface area contributed by atoms with Crippen LogP contribution in [0.15, 0.2) is 48.2 Å². The Balaban J connectivity index is 1.33. The lowest BCUT2D eigenvalue weighted by atomic mass is 10.1. The second kappa shape index (κ2) is 6.71. The highest BCUT2D eigenvalue weighted by Crippen LogP contribution is 2.27. The van der Waals surface area contributed by atoms with Gasteiger partial charge < -0.3 is 10.1 Å². The number of hydrogen-bond donors (Lipinski definition) is 1. The topological polar surface area (TPSA) is 77.8 Å². The Bertz CT molecular complexity index is 1070. The zero-order valence-corrected chi connectivity index (χ0v) is 15.6. The van der Waals surface area contributed by atoms with Gasteiger partial charge in [-0.1, -0.05) is 17.3 Å². The van der Waals surface area contributed by atoms with Gasteiger partial charge in [-0.15, -0.1) is 16.4 Å². The third-order valence-corrected chi connectivity index (χ3v) is 5.66. The first-order valence-corrected chi connectivity index (χ1v) is 9.71. The molecular weight excluding hydrogens is 360 g/mol. The summed E-state index contributed by atoms with van der Waals surface area (Å²) in [6.45, 7) is 3.60. The number of benzene rings is 1. The van der Waals surface area contributed by atoms with E-state index in [0.29, 0.717) is 5.92 Å². The average molecular weight is 378 g/mol. The summed E-state index contributed by atoms with van der Waals surface area (Å²) in [5, 5.41) is 15.1. The molecule has 1 aromatic carbocycles. The molecule has 1 saturated heterocycles. The predicted octanol–water partition coefficient (Wildman–Crippen LogP) is 3.56. The van der Waals surface area contributed by atoms with Gasteiger partial charge in [0.05, 0.1) is 42.1 Å². The highest BCUT2D eigenvalue weighted by Gasteiger charge is 2.23. The molecule has 5 rings (SSSR count). The van der Waals surface area contributed by atoms with Crippen LogP contribution in [-0.4, -0.2) is 38.2 Å². The number of ether oxygens (including phenoxy) is 1. The van der Waals surface area contributed by atoms with Crippen molar-refractivity contribution in [2.75, 3.05) is 18.5 Å². The van der Waals surface area contributed by atoms with Gasteiger partial charge in [0.1, 0.15) is 17.0 Å². The number of aromatic nitrogens is 5. The molecule has 0 bridgehead atoms. The van der Waals surface area contributed by atoms with Crippen LogP contribution < -0.4 is 5.32 Å². The van der Waals surface area contributed by atoms with E-state index >= 15 is 0 Å². The quantitative estimate of drug-likeness (QED) is 0.572. The van der Waals surface area contributed by atoms with Gasteiger partial charge in [-0.2, -0.15) is 0 Å². The monoisotopic (exact) mass is 378 g/mol. The number of fused-ring (bicyclic) bond motifs is 1. The summed E-state index contributed by atoms with van der Waals surface area (Å²) in [6.07, 6.45) is 3.59. The second-order valence-electron chi connectivity index (χ2n) is 6.64. The number of rotatable bonds is 5. The minimum Gasteiger partial charge on any atom is -0.380 e. The zero-order chi connectivity index (χ0) is 18.2. The maximum absolute atomic E-state index is 5.22. The van der Waals surface area contributed by atoms with Crippen LogP contribution in [0.1, 0.15) is 30.1 Å². The van der Waals surface area contributed by atoms with Crippen molar-refractivity contribution in [3.05, 3.63) is 59.5 Å². The van der Waals surface area contributed by atoms with E-state index in [1.807, 2.05) is 22.3 Å². The van der Waals surface area contributed by atoms with Gasteiger partial charge in [0.2, 0.25) is 0 Å². The van der Waals surface area contributed by atoms with Gasteiger partial charge >= 0.3 is 0 Å². The van der Waals surface area contributed by atoms with Crippen LogP contribution in [0.5, 0.6) is 0 Å². The molecule has 136 valence electrons. The van der Waals surface area contributed by atoms with E-state index in [-0.39, 0.29) is 6.04 Å². The third-order valence-electron chi connectivity index (χ3n) is 4.84. The van der Waals surface area contributed by atoms with Crippen molar-refractivity contribution in [2.24, 2.45) is 0 Å². The summed E-state index contributed by atoms with van der Waals surface area (Å²) in [7, 11) is 0. The largest absolute Gasteiger partial charge is 0.380 e. The number of nitrogens with one attached hydrogen (secondary N) is 1. The maximum atomic E-state index is 5.22. The Morgan fingerprint density at radius 2 is 2.04 bits per heavy atom. The van der Waals surface area contributed by atoms with Crippen LogP contribution in [0, 0.1) is 0 Å². The minimum atomic E-state index is 0.121. The molecule has 0 aliphatic carbocycles. The smallest absolute Gasteiger partial charge is 0.138 e. The Morgan fingerprint density at radius 3 is 2.81 bits per heavy atom. The summed E-state index contributed by atoms with van der Waals surface area (Å²) in [4.78, 5) is 9.68. The first kappa shape index (κ1) is 16.3. The number of anilines is 1. The molecule has 27 heavy (non-hydrogen) atoms. The van der Waals surface area contributed by atoms with E-state index in [1.54, 1.807) is 17.7 Å². The molecule has 0 spiro atoms. The average Bonchev–Trinajstić information content (AvgIpc) is 3.30. The van der Waals surface area contributed by atoms with E-state index in [2.05, 4.69) is 56.8 Å². The molecule has 0 amide bonds. The molecule has 1 aliphatic rings. The van der Waals surface area contributed by atoms with Gasteiger partial charge in [-0.25, -0.2) is 14.6 Å². The van der Waals surface area contributed by atoms with Crippen LogP contribution in [0.3, 0.4) is 0 Å². The van der Waals surface area contributed by atoms with Crippen molar-refractivity contribution in [1.29, 1.82) is 0 Å². The van der Waals surface area contributed by atoms with E-state index in [9.17, 15) is 0 Å². The summed E-state index contributed by atoms with van der Waals surface area (Å²) in [5.41, 5.74) is 3.16. The van der Waals surface area contributed by atoms with Crippen molar-refractivity contribution >= 4 is 27.4 Å². The van der Waals surface area contributed by atoms with Crippen LogP contribution in [0.25, 0.3) is 15.9 Å². The molecule has 1 aliphatic heterocycles. The fourth-order valence-electron chi connectivity index (χ4n) is 3.11. The molecule has 1 N–H and O–H groups in total. The lowest BCUT2D eigenvalue weighted by molar-refractivity contribution is 0.00667. The molecule has 8 heteroatoms. The van der Waals surface area contributed by atoms with Crippen molar-refractivity contribution in [3.8, 4) is 5.69 Å². The standard InChI is InChI=1S/C19H18N6OS/c1-12(22-18-16-6-7-27-19(16)21-11-20-18)13-2-4-15(5-3-13)25-8-17(23-24-25)14-9-26-10-14/h2-8,11-12,14H,9-10H2,1H3,(H,20,21,22)/t12-/m0/s1. The molecule has 7 nitrogen and oxygen atoms in total. The molecule has 1 fully saturated rings. The minimum absolute atomic E-state index is 0.121. The molecule has 0 unspecified atom stereocenters. The van der Waals surface area contributed by atoms with E-state index in [0.717, 1.165) is 40.6 Å². The number of thiophene rings is 1. The van der Waals surface area contributed by atoms with Crippen molar-refractivity contribution in [1.82, 2.24) is 25.0 Å². The lowest BCUT2D eigenvalue weighted by Crippen LogP contribution is -2.25. The van der Waals surface area contributed by atoms with Crippen LogP contribution in [0.4, 0.5) is 5.82 Å². The Labute approximate surface area is 160 Å². The molecular formula is C19H18N6OS. The summed E-state index contributed by atoms with van der Waals surface area (Å²) in [6, 6.07) is 10.5. The molecule has 3 aromatic heterocycles. The van der Waals surface area contributed by atoms with Crippen LogP contribution in [-0.2, 0) is 4.74 Å². The summed E-state index contributed by atoms with van der Waals surface area (Å²) in [5.74, 6) is 1.24. The fraction of sp³-hybridized carbons (Fsp3) is 0.263. The molecule has 4 heterocycles. The first-order valence-electron chi connectivity index (χ1n) is 8.83. The summed E-state index contributed by atoms with van der Waals surface area (Å²) >= 11 is 1.62. The van der Waals surface area contributed by atoms with E-state index < -0.39 is 0 Å². The zero-order valence-electron chi connectivity index (χ0n) is 14.7. The van der Waals surface area contributed by atoms with Gasteiger partial charge in [-0.05, 0) is 36.1 Å². The number of nitrogens with zero attached hydrogens (tertiary/aromatic N) is 5. The van der Waals surface area contributed by atoms with Crippen molar-refractivity contribution in [3.63, 3.8) is 0 Å². The van der Waals surface area contributed by atoms with Crippen LogP contribution >= 0.6 is 11.3 Å². The first-order chi connectivity index (χ1) is 13.3. The van der Waals surface area contributed by atoms with Crippen molar-refractivity contribution in [2.45, 2.75) is 18.9 Å². The van der Waals surface area contributed by atoms with Crippen LogP contribution in [0.2, 0.25) is 0 Å². The Hall–Kier alpha value is -2.84. The predicted molar refractivity (Wildman–Crippen MR) is 104 cm³/mol. The van der Waals surface area contributed by atoms with Gasteiger partial charge in [0, 0.05) is 6.04 Å².